The molecule has 87 heavy (non-hydrogen) atoms. The highest BCUT2D eigenvalue weighted by molar-refractivity contribution is 8.10. The van der Waals surface area contributed by atoms with Crippen LogP contribution in [0.4, 0.5) is 14.5 Å². The molecule has 4 saturated heterocycles. The van der Waals surface area contributed by atoms with E-state index in [2.05, 4.69) is 119 Å². The van der Waals surface area contributed by atoms with Crippen LogP contribution >= 0.6 is 11.8 Å². The van der Waals surface area contributed by atoms with Gasteiger partial charge < -0.3 is 49.4 Å². The molecule has 1 aromatic heterocycles. The van der Waals surface area contributed by atoms with Crippen LogP contribution in [0.1, 0.15) is 137 Å². The van der Waals surface area contributed by atoms with Crippen LogP contribution in [0.5, 0.6) is 5.75 Å². The first-order valence-corrected chi connectivity index (χ1v) is 32.1. The van der Waals surface area contributed by atoms with Crippen molar-refractivity contribution in [2.75, 3.05) is 59.0 Å². The zero-order chi connectivity index (χ0) is 61.7. The van der Waals surface area contributed by atoms with Gasteiger partial charge in [0.2, 0.25) is 12.3 Å². The maximum absolute atomic E-state index is 16.2. The van der Waals surface area contributed by atoms with Gasteiger partial charge in [-0.25, -0.2) is 9.38 Å². The lowest BCUT2D eigenvalue weighted by Gasteiger charge is -2.38. The molecule has 468 valence electrons. The van der Waals surface area contributed by atoms with Crippen LogP contribution in [0.3, 0.4) is 0 Å². The Morgan fingerprint density at radius 3 is 2.39 bits per heavy atom. The summed E-state index contributed by atoms with van der Waals surface area (Å²) in [6.45, 7) is 24.6. The second kappa shape index (κ2) is 30.7. The number of likely N-dealkylation sites (tertiary alicyclic amines) is 2. The molecule has 5 fully saturated rings. The molecule has 5 N–H and O–H groups in total. The van der Waals surface area contributed by atoms with Crippen molar-refractivity contribution < 1.29 is 37.6 Å². The van der Waals surface area contributed by atoms with Crippen molar-refractivity contribution in [1.82, 2.24) is 35.5 Å². The van der Waals surface area contributed by atoms with E-state index in [1.165, 1.54) is 12.5 Å². The molecule has 6 aliphatic rings. The van der Waals surface area contributed by atoms with Gasteiger partial charge in [0.05, 0.1) is 42.8 Å². The fraction of sp³-hybridized carbons (Fsp3) is 0.493. The molecule has 7 atom stereocenters. The number of allylic oxidation sites excluding steroid dienone is 2. The number of thioether (sulfide) groups is 1. The minimum atomic E-state index is -0.978. The third kappa shape index (κ3) is 15.0. The van der Waals surface area contributed by atoms with Gasteiger partial charge in [0, 0.05) is 98.3 Å². The van der Waals surface area contributed by atoms with E-state index in [0.717, 1.165) is 130 Å². The summed E-state index contributed by atoms with van der Waals surface area (Å²) in [5.41, 5.74) is 10.7. The lowest BCUT2D eigenvalue weighted by molar-refractivity contribution is -0.143. The van der Waals surface area contributed by atoms with Crippen molar-refractivity contribution in [2.24, 2.45) is 4.99 Å². The van der Waals surface area contributed by atoms with E-state index in [0.29, 0.717) is 75.4 Å². The number of anilines is 1. The van der Waals surface area contributed by atoms with E-state index < -0.39 is 24.7 Å². The molecule has 6 heterocycles. The minimum Gasteiger partial charge on any atom is -0.486 e. The Morgan fingerprint density at radius 1 is 1.02 bits per heavy atom. The number of benzene rings is 4. The Bertz CT molecular complexity index is 3230. The van der Waals surface area contributed by atoms with E-state index in [-0.39, 0.29) is 36.4 Å². The Balaban J connectivity index is 0.00000175. The Labute approximate surface area is 518 Å². The maximum Gasteiger partial charge on any atom is 0.248 e. The highest BCUT2D eigenvalue weighted by Gasteiger charge is 2.44. The standard InChI is InChI=1S/C65H80FN9O6S.C3H8.CH3F/c1-8-11-26-73(60(41(6)76)64(77)74-27-12-13-55(74)63(78-7)68-33-42-14-20-46(21-15-42)56(9-2)82-10-3)36-39(4)44-18-16-43(17-19-44)38-80-61-58(57-40(5)53(66)32-54-52(57)35-69-72-54)50(45-22-23-45)31-51-59(61)70-65(81-49-24-28-79-29-25-49)71-62(51)75-37-47-30-48(75)34-67-47;1-3-2;1-2/h8-10,14-21,31-32,35-36,41,45,47-49,55,60,63,65,67-68,70,76H,1,3,11-13,22-30,33-34,37-38H2,2,4-7H3,(H,69,72);3H2,1-2H3;1H3/b39-36+,56-9-;;/t41?,47-,48-,55?,60?,63?,65?;;/m0../s1. The molecule has 4 aromatic carbocycles. The number of aliphatic hydroxyl groups excluding tert-OH is 1. The summed E-state index contributed by atoms with van der Waals surface area (Å²) in [5.74, 6) is 1.35. The van der Waals surface area contributed by atoms with Crippen LogP contribution in [0.25, 0.3) is 32.5 Å². The van der Waals surface area contributed by atoms with Gasteiger partial charge in [-0.2, -0.15) is 5.10 Å². The summed E-state index contributed by atoms with van der Waals surface area (Å²) in [4.78, 5) is 27.8. The minimum absolute atomic E-state index is 0.0303. The summed E-state index contributed by atoms with van der Waals surface area (Å²) in [5, 5.41) is 32.6. The molecule has 5 aliphatic heterocycles. The molecular weight excluding hydrogens is 1120 g/mol. The lowest BCUT2D eigenvalue weighted by atomic mass is 9.87. The predicted molar refractivity (Wildman–Crippen MR) is 349 cm³/mol. The molecule has 1 aliphatic carbocycles. The normalized spacial score (nSPS) is 21.2. The number of carbonyl (C=O) groups excluding carboxylic acids is 1. The molecule has 0 radical (unpaired) electrons. The number of rotatable bonds is 23. The number of ether oxygens (including phenoxy) is 4. The first kappa shape index (κ1) is 65.1. The van der Waals surface area contributed by atoms with Gasteiger partial charge in [0.15, 0.2) is 5.75 Å². The number of aromatic nitrogens is 2. The summed E-state index contributed by atoms with van der Waals surface area (Å²) in [7, 11) is 2.18. The van der Waals surface area contributed by atoms with Gasteiger partial charge >= 0.3 is 0 Å². The van der Waals surface area contributed by atoms with E-state index in [9.17, 15) is 14.3 Å². The van der Waals surface area contributed by atoms with E-state index in [1.807, 2.05) is 48.3 Å². The quantitative estimate of drug-likeness (QED) is 0.0311. The zero-order valence-electron chi connectivity index (χ0n) is 52.2. The Kier molecular flexibility index (Phi) is 23.0. The van der Waals surface area contributed by atoms with Crippen LogP contribution in [0.15, 0.2) is 109 Å². The number of nitrogens with one attached hydrogen (secondary N) is 4. The monoisotopic (exact) mass is 1210 g/mol. The van der Waals surface area contributed by atoms with E-state index in [1.54, 1.807) is 32.0 Å². The largest absolute Gasteiger partial charge is 0.486 e. The van der Waals surface area contributed by atoms with Crippen molar-refractivity contribution in [1.29, 1.82) is 0 Å². The van der Waals surface area contributed by atoms with Crippen LogP contribution in [0.2, 0.25) is 0 Å². The Hall–Kier alpha value is -6.38. The van der Waals surface area contributed by atoms with Gasteiger partial charge in [-0.1, -0.05) is 99.3 Å². The number of piperazine rings is 1. The second-order valence-electron chi connectivity index (χ2n) is 23.5. The fourth-order valence-corrected chi connectivity index (χ4v) is 13.4. The SMILES string of the molecule is C=CCCN(/C=C(\C)c1ccc(COc2c3c(cc(C4CC4)c2-c2c(C)c(F)cc4[nH]ncc24)C(N2C[C@@H]4C[C@H]2CN4)=NC(OC2CCOCC2)N3)cc1)C(C(=O)N1CCCC1C(NCc1ccc(/C(=C/C)SC=C)cc1)OC)C(C)O.CCC.CF. The average Bonchev–Trinajstić information content (AvgIpc) is 1.98. The van der Waals surface area contributed by atoms with Crippen LogP contribution in [-0.4, -0.2) is 144 Å². The number of halogens is 2. The smallest absolute Gasteiger partial charge is 0.248 e. The van der Waals surface area contributed by atoms with Crippen LogP contribution < -0.4 is 20.7 Å². The zero-order valence-corrected chi connectivity index (χ0v) is 53.0. The fourth-order valence-electron chi connectivity index (χ4n) is 12.9. The molecule has 2 bridgehead atoms. The number of hydrogen-bond donors (Lipinski definition) is 5. The number of hydrogen-bond acceptors (Lipinski definition) is 14. The molecule has 18 heteroatoms. The Morgan fingerprint density at radius 2 is 1.75 bits per heavy atom. The number of H-pyrrole nitrogens is 1. The summed E-state index contributed by atoms with van der Waals surface area (Å²) >= 11 is 1.60. The number of methoxy groups -OCH3 is 1. The molecular formula is C69H91F2N9O6S. The maximum atomic E-state index is 16.2. The van der Waals surface area contributed by atoms with Crippen molar-refractivity contribution >= 4 is 50.6 Å². The average molecular weight is 1210 g/mol. The third-order valence-electron chi connectivity index (χ3n) is 17.3. The topological polar surface area (TPSA) is 161 Å². The summed E-state index contributed by atoms with van der Waals surface area (Å²) in [6, 6.07) is 20.2. The number of amidine groups is 1. The van der Waals surface area contributed by atoms with Gasteiger partial charge in [0.25, 0.3) is 0 Å². The van der Waals surface area contributed by atoms with Crippen LogP contribution in [-0.2, 0) is 32.2 Å². The van der Waals surface area contributed by atoms with E-state index >= 15 is 4.39 Å². The summed E-state index contributed by atoms with van der Waals surface area (Å²) in [6.07, 6.45) is 13.7. The van der Waals surface area contributed by atoms with Gasteiger partial charge in [-0.3, -0.25) is 19.6 Å². The van der Waals surface area contributed by atoms with Crippen molar-refractivity contribution in [2.45, 2.75) is 167 Å². The number of nitrogens with zero attached hydrogens (tertiary/aromatic N) is 5. The van der Waals surface area contributed by atoms with Gasteiger partial charge in [-0.15, -0.1) is 6.58 Å². The highest BCUT2D eigenvalue weighted by atomic mass is 32.2. The molecule has 15 nitrogen and oxygen atoms in total. The number of aliphatic imine (C=N–C) groups is 1. The number of aliphatic hydroxyl groups is 1. The number of aromatic amines is 1. The molecule has 5 aromatic rings. The number of fused-ring (bicyclic) bond motifs is 4. The molecule has 11 rings (SSSR count). The van der Waals surface area contributed by atoms with Gasteiger partial charge in [0.1, 0.15) is 30.5 Å². The molecule has 0 spiro atoms. The van der Waals surface area contributed by atoms with Crippen molar-refractivity contribution in [3.8, 4) is 16.9 Å². The second-order valence-corrected chi connectivity index (χ2v) is 24.5. The van der Waals surface area contributed by atoms with Crippen molar-refractivity contribution in [3.05, 3.63) is 149 Å². The van der Waals surface area contributed by atoms with Crippen molar-refractivity contribution in [3.63, 3.8) is 0 Å². The lowest BCUT2D eigenvalue weighted by Crippen LogP contribution is -2.57. The van der Waals surface area contributed by atoms with E-state index in [4.69, 9.17) is 23.9 Å². The first-order chi connectivity index (χ1) is 42.4. The third-order valence-corrected chi connectivity index (χ3v) is 18.2. The number of alkyl halides is 1. The molecule has 5 unspecified atom stereocenters. The highest BCUT2D eigenvalue weighted by Crippen LogP contribution is 2.54. The summed E-state index contributed by atoms with van der Waals surface area (Å²) < 4.78 is 51.6. The number of carbonyl (C=O) groups is 1. The predicted octanol–water partition coefficient (Wildman–Crippen LogP) is 12.8. The van der Waals surface area contributed by atoms with Gasteiger partial charge in [-0.05, 0) is 141 Å². The number of amides is 1. The first-order valence-electron chi connectivity index (χ1n) is 31.2. The molecule has 1 amide bonds. The van der Waals surface area contributed by atoms with Crippen LogP contribution in [0, 0.1) is 12.7 Å². The molecule has 1 saturated carbocycles.